The summed E-state index contributed by atoms with van der Waals surface area (Å²) in [6.45, 7) is 6.47. The topological polar surface area (TPSA) is 108 Å². The zero-order valence-electron chi connectivity index (χ0n) is 19.0. The van der Waals surface area contributed by atoms with Gasteiger partial charge < -0.3 is 24.8 Å². The van der Waals surface area contributed by atoms with Crippen molar-refractivity contribution in [1.82, 2.24) is 5.32 Å². The Morgan fingerprint density at radius 2 is 1.56 bits per heavy atom. The molecule has 0 heterocycles. The van der Waals surface area contributed by atoms with E-state index in [1.165, 1.54) is 0 Å². The summed E-state index contributed by atoms with van der Waals surface area (Å²) in [4.78, 5) is 12.7. The van der Waals surface area contributed by atoms with Gasteiger partial charge in [0.05, 0.1) is 19.3 Å². The Hall–Kier alpha value is -2.29. The van der Waals surface area contributed by atoms with Crippen molar-refractivity contribution < 1.29 is 29.6 Å². The van der Waals surface area contributed by atoms with E-state index in [2.05, 4.69) is 17.4 Å². The summed E-state index contributed by atoms with van der Waals surface area (Å²) in [7, 11) is 0. The van der Waals surface area contributed by atoms with E-state index in [-0.39, 0.29) is 12.5 Å². The quantitative estimate of drug-likeness (QED) is 0.348. The van der Waals surface area contributed by atoms with Crippen LogP contribution in [-0.2, 0) is 14.3 Å². The van der Waals surface area contributed by atoms with Crippen LogP contribution in [0.25, 0.3) is 11.1 Å². The largest absolute Gasteiger partial charge is 0.459 e. The highest BCUT2D eigenvalue weighted by Crippen LogP contribution is 2.44. The van der Waals surface area contributed by atoms with E-state index in [1.54, 1.807) is 27.7 Å². The maximum atomic E-state index is 12.7. The molecular formula is C25H33NO6. The first kappa shape index (κ1) is 24.4. The first-order valence-electron chi connectivity index (χ1n) is 10.9. The first-order valence-corrected chi connectivity index (χ1v) is 10.9. The van der Waals surface area contributed by atoms with Crippen molar-refractivity contribution in [3.05, 3.63) is 59.7 Å². The van der Waals surface area contributed by atoms with Gasteiger partial charge in [-0.25, -0.2) is 0 Å². The molecule has 32 heavy (non-hydrogen) atoms. The first-order chi connectivity index (χ1) is 15.1. The average molecular weight is 444 g/mol. The van der Waals surface area contributed by atoms with Crippen molar-refractivity contribution in [2.24, 2.45) is 5.92 Å². The highest BCUT2D eigenvalue weighted by atomic mass is 16.6. The van der Waals surface area contributed by atoms with Crippen molar-refractivity contribution in [2.45, 2.75) is 57.8 Å². The van der Waals surface area contributed by atoms with Gasteiger partial charge >= 0.3 is 5.97 Å². The van der Waals surface area contributed by atoms with Gasteiger partial charge in [0, 0.05) is 11.8 Å². The lowest BCUT2D eigenvalue weighted by molar-refractivity contribution is -0.172. The Morgan fingerprint density at radius 3 is 2.06 bits per heavy atom. The lowest BCUT2D eigenvalue weighted by atomic mass is 9.95. The molecule has 1 unspecified atom stereocenters. The number of carbonyl (C=O) groups excluding carboxylic acids is 1. The number of fused-ring (bicyclic) bond motifs is 3. The summed E-state index contributed by atoms with van der Waals surface area (Å²) in [6.07, 6.45) is -2.64. The van der Waals surface area contributed by atoms with Crippen LogP contribution in [0.4, 0.5) is 0 Å². The van der Waals surface area contributed by atoms with Gasteiger partial charge in [0.15, 0.2) is 0 Å². The molecule has 7 heteroatoms. The standard InChI is InChI=1S/C25H33NO6/c1-15(21(28)13-27)22(23(29)32-25(2,3)4)26-24(30)31-14-20-18-11-7-5-9-16(18)17-10-6-8-12-19(17)20/h5-12,15,20-22,24,26-28,30H,13-14H2,1-4H3/t15-,21-,22-,24?/m0/s1. The van der Waals surface area contributed by atoms with Crippen LogP contribution in [0.3, 0.4) is 0 Å². The van der Waals surface area contributed by atoms with Gasteiger partial charge in [-0.2, -0.15) is 0 Å². The van der Waals surface area contributed by atoms with Crippen molar-refractivity contribution >= 4 is 5.97 Å². The predicted molar refractivity (Wildman–Crippen MR) is 121 cm³/mol. The molecule has 3 rings (SSSR count). The molecule has 0 aromatic heterocycles. The fourth-order valence-corrected chi connectivity index (χ4v) is 4.02. The molecule has 7 nitrogen and oxygen atoms in total. The Morgan fingerprint density at radius 1 is 1.03 bits per heavy atom. The van der Waals surface area contributed by atoms with Crippen molar-refractivity contribution in [3.63, 3.8) is 0 Å². The summed E-state index contributed by atoms with van der Waals surface area (Å²) in [6, 6.07) is 15.1. The SMILES string of the molecule is C[C@H]([C@H](NC(O)OCC1c2ccccc2-c2ccccc21)C(=O)OC(C)(C)C)[C@@H](O)CO. The molecule has 0 amide bonds. The second-order valence-electron chi connectivity index (χ2n) is 9.20. The Kier molecular flexibility index (Phi) is 7.69. The summed E-state index contributed by atoms with van der Waals surface area (Å²) >= 11 is 0. The molecule has 174 valence electrons. The molecule has 0 spiro atoms. The number of hydrogen-bond acceptors (Lipinski definition) is 7. The van der Waals surface area contributed by atoms with Gasteiger partial charge in [0.1, 0.15) is 11.6 Å². The van der Waals surface area contributed by atoms with Crippen molar-refractivity contribution in [2.75, 3.05) is 13.2 Å². The average Bonchev–Trinajstić information content (AvgIpc) is 3.07. The van der Waals surface area contributed by atoms with Crippen LogP contribution in [0.5, 0.6) is 0 Å². The van der Waals surface area contributed by atoms with E-state index < -0.39 is 42.7 Å². The summed E-state index contributed by atoms with van der Waals surface area (Å²) < 4.78 is 11.1. The lowest BCUT2D eigenvalue weighted by Crippen LogP contribution is -2.53. The molecule has 4 N–H and O–H groups in total. The molecule has 0 radical (unpaired) electrons. The molecule has 2 aromatic carbocycles. The number of ether oxygens (including phenoxy) is 2. The number of aliphatic hydroxyl groups excluding tert-OH is 3. The van der Waals surface area contributed by atoms with Gasteiger partial charge in [-0.05, 0) is 43.0 Å². The van der Waals surface area contributed by atoms with E-state index in [9.17, 15) is 20.1 Å². The molecule has 0 saturated heterocycles. The van der Waals surface area contributed by atoms with Crippen LogP contribution < -0.4 is 5.32 Å². The number of nitrogens with one attached hydrogen (secondary N) is 1. The fourth-order valence-electron chi connectivity index (χ4n) is 4.02. The second kappa shape index (κ2) is 10.1. The molecular weight excluding hydrogens is 410 g/mol. The normalized spacial score (nSPS) is 17.2. The molecule has 4 atom stereocenters. The Balaban J connectivity index is 1.71. The van der Waals surface area contributed by atoms with Gasteiger partial charge in [-0.1, -0.05) is 55.5 Å². The minimum atomic E-state index is -1.47. The Labute approximate surface area is 189 Å². The predicted octanol–water partition coefficient (Wildman–Crippen LogP) is 2.38. The highest BCUT2D eigenvalue weighted by Gasteiger charge is 2.35. The van der Waals surface area contributed by atoms with E-state index in [0.717, 1.165) is 22.3 Å². The number of esters is 1. The molecule has 0 saturated carbocycles. The molecule has 0 aliphatic heterocycles. The minimum Gasteiger partial charge on any atom is -0.459 e. The minimum absolute atomic E-state index is 0.0562. The van der Waals surface area contributed by atoms with E-state index in [1.807, 2.05) is 36.4 Å². The molecule has 2 aromatic rings. The number of aliphatic hydroxyl groups is 3. The van der Waals surface area contributed by atoms with Crippen LogP contribution in [0, 0.1) is 5.92 Å². The third-order valence-electron chi connectivity index (χ3n) is 5.69. The van der Waals surface area contributed by atoms with Crippen LogP contribution in [0.1, 0.15) is 44.7 Å². The Bertz CT molecular complexity index is 879. The number of benzene rings is 2. The van der Waals surface area contributed by atoms with E-state index in [4.69, 9.17) is 9.47 Å². The third kappa shape index (κ3) is 5.54. The van der Waals surface area contributed by atoms with Crippen molar-refractivity contribution in [3.8, 4) is 11.1 Å². The summed E-state index contributed by atoms with van der Waals surface area (Å²) in [5, 5.41) is 32.6. The number of rotatable bonds is 9. The smallest absolute Gasteiger partial charge is 0.324 e. The molecule has 1 aliphatic carbocycles. The summed E-state index contributed by atoms with van der Waals surface area (Å²) in [5.41, 5.74) is 3.78. The monoisotopic (exact) mass is 443 g/mol. The van der Waals surface area contributed by atoms with Gasteiger partial charge in [0.25, 0.3) is 0 Å². The zero-order chi connectivity index (χ0) is 23.5. The lowest BCUT2D eigenvalue weighted by Gasteiger charge is -2.31. The van der Waals surface area contributed by atoms with Gasteiger partial charge in [-0.3, -0.25) is 10.1 Å². The maximum absolute atomic E-state index is 12.7. The molecule has 0 bridgehead atoms. The van der Waals surface area contributed by atoms with Gasteiger partial charge in [-0.15, -0.1) is 0 Å². The van der Waals surface area contributed by atoms with Crippen LogP contribution in [-0.4, -0.2) is 58.7 Å². The molecule has 1 aliphatic rings. The summed E-state index contributed by atoms with van der Waals surface area (Å²) in [5.74, 6) is -1.42. The van der Waals surface area contributed by atoms with Crippen LogP contribution in [0.15, 0.2) is 48.5 Å². The van der Waals surface area contributed by atoms with Crippen molar-refractivity contribution in [1.29, 1.82) is 0 Å². The highest BCUT2D eigenvalue weighted by molar-refractivity contribution is 5.79. The number of hydrogen-bond donors (Lipinski definition) is 4. The number of carbonyl (C=O) groups is 1. The van der Waals surface area contributed by atoms with E-state index >= 15 is 0 Å². The second-order valence-corrected chi connectivity index (χ2v) is 9.20. The van der Waals surface area contributed by atoms with Gasteiger partial charge in [0.2, 0.25) is 6.41 Å². The fraction of sp³-hybridized carbons (Fsp3) is 0.480. The zero-order valence-corrected chi connectivity index (χ0v) is 19.0. The van der Waals surface area contributed by atoms with E-state index in [0.29, 0.717) is 0 Å². The molecule has 0 fully saturated rings. The van der Waals surface area contributed by atoms with Crippen LogP contribution in [0.2, 0.25) is 0 Å². The van der Waals surface area contributed by atoms with Crippen LogP contribution >= 0.6 is 0 Å². The maximum Gasteiger partial charge on any atom is 0.324 e. The third-order valence-corrected chi connectivity index (χ3v) is 5.69.